The van der Waals surface area contributed by atoms with Crippen LogP contribution in [0.5, 0.6) is 11.5 Å². The smallest absolute Gasteiger partial charge is 0.315 e. The highest BCUT2D eigenvalue weighted by Crippen LogP contribution is 2.38. The Labute approximate surface area is 104 Å². The van der Waals surface area contributed by atoms with Gasteiger partial charge in [-0.05, 0) is 13.0 Å². The third-order valence-corrected chi connectivity index (χ3v) is 2.04. The van der Waals surface area contributed by atoms with E-state index in [-0.39, 0.29) is 29.4 Å². The molecule has 0 spiro atoms. The van der Waals surface area contributed by atoms with E-state index in [0.29, 0.717) is 12.9 Å². The minimum absolute atomic E-state index is 0.00681. The van der Waals surface area contributed by atoms with Gasteiger partial charge in [0.1, 0.15) is 12.9 Å². The lowest BCUT2D eigenvalue weighted by atomic mass is 10.2. The molecule has 1 rings (SSSR count). The van der Waals surface area contributed by atoms with Crippen LogP contribution in [0.2, 0.25) is 0 Å². The largest absolute Gasteiger partial charge is 0.490 e. The monoisotopic (exact) mass is 251 g/mol. The fourth-order valence-corrected chi connectivity index (χ4v) is 1.36. The fourth-order valence-electron chi connectivity index (χ4n) is 1.36. The summed E-state index contributed by atoms with van der Waals surface area (Å²) in [6.07, 6.45) is 1.99. The first kappa shape index (κ1) is 13.7. The molecule has 0 bridgehead atoms. The lowest BCUT2D eigenvalue weighted by Gasteiger charge is -2.11. The number of nitro benzene ring substituents is 1. The van der Waals surface area contributed by atoms with Crippen molar-refractivity contribution in [2.45, 2.75) is 6.92 Å². The second kappa shape index (κ2) is 6.39. The van der Waals surface area contributed by atoms with Crippen molar-refractivity contribution in [1.82, 2.24) is 0 Å². The minimum atomic E-state index is -0.617. The quantitative estimate of drug-likeness (QED) is 0.321. The van der Waals surface area contributed by atoms with Gasteiger partial charge in [-0.1, -0.05) is 12.7 Å². The van der Waals surface area contributed by atoms with Crippen LogP contribution in [0.25, 0.3) is 0 Å². The number of hydrogen-bond donors (Lipinski definition) is 0. The molecule has 1 aromatic carbocycles. The average molecular weight is 251 g/mol. The predicted octanol–water partition coefficient (Wildman–Crippen LogP) is 2.37. The second-order valence-corrected chi connectivity index (χ2v) is 3.27. The molecule has 0 aliphatic carbocycles. The number of carbonyl (C=O) groups excluding carboxylic acids is 1. The molecule has 0 fully saturated rings. The fraction of sp³-hybridized carbons (Fsp3) is 0.250. The third-order valence-electron chi connectivity index (χ3n) is 2.04. The SMILES string of the molecule is C=CCOc1c(OCC)cc(C=O)cc1[N+](=O)[O-]. The van der Waals surface area contributed by atoms with Crippen LogP contribution in [0.1, 0.15) is 17.3 Å². The summed E-state index contributed by atoms with van der Waals surface area (Å²) >= 11 is 0. The predicted molar refractivity (Wildman–Crippen MR) is 65.3 cm³/mol. The van der Waals surface area contributed by atoms with Crippen molar-refractivity contribution in [2.24, 2.45) is 0 Å². The maximum absolute atomic E-state index is 10.9. The molecule has 0 radical (unpaired) electrons. The zero-order valence-corrected chi connectivity index (χ0v) is 9.92. The molecule has 18 heavy (non-hydrogen) atoms. The molecule has 0 N–H and O–H groups in total. The van der Waals surface area contributed by atoms with Gasteiger partial charge < -0.3 is 9.47 Å². The molecular weight excluding hydrogens is 238 g/mol. The Hall–Kier alpha value is -2.37. The zero-order chi connectivity index (χ0) is 13.5. The molecule has 0 aromatic heterocycles. The molecule has 0 aliphatic heterocycles. The molecule has 0 aliphatic rings. The number of nitro groups is 1. The summed E-state index contributed by atoms with van der Waals surface area (Å²) in [5.74, 6) is 0.183. The summed E-state index contributed by atoms with van der Waals surface area (Å²) in [5, 5.41) is 10.9. The standard InChI is InChI=1S/C12H13NO5/c1-3-5-18-12-10(13(15)16)6-9(8-14)7-11(12)17-4-2/h3,6-8H,1,4-5H2,2H3. The number of ether oxygens (including phenoxy) is 2. The zero-order valence-electron chi connectivity index (χ0n) is 9.92. The van der Waals surface area contributed by atoms with Gasteiger partial charge >= 0.3 is 5.69 Å². The summed E-state index contributed by atoms with van der Waals surface area (Å²) in [5.41, 5.74) is -0.138. The van der Waals surface area contributed by atoms with E-state index < -0.39 is 4.92 Å². The van der Waals surface area contributed by atoms with Gasteiger partial charge in [-0.2, -0.15) is 0 Å². The van der Waals surface area contributed by atoms with Gasteiger partial charge in [0.25, 0.3) is 0 Å². The molecule has 6 heteroatoms. The lowest BCUT2D eigenvalue weighted by molar-refractivity contribution is -0.385. The van der Waals surface area contributed by atoms with Crippen LogP contribution in [0.4, 0.5) is 5.69 Å². The van der Waals surface area contributed by atoms with E-state index in [1.807, 2.05) is 0 Å². The van der Waals surface area contributed by atoms with Crippen molar-refractivity contribution in [2.75, 3.05) is 13.2 Å². The summed E-state index contributed by atoms with van der Waals surface area (Å²) in [4.78, 5) is 21.0. The van der Waals surface area contributed by atoms with Gasteiger partial charge in [0, 0.05) is 11.6 Å². The van der Waals surface area contributed by atoms with E-state index >= 15 is 0 Å². The van der Waals surface area contributed by atoms with Gasteiger partial charge in [-0.25, -0.2) is 0 Å². The van der Waals surface area contributed by atoms with Crippen molar-refractivity contribution in [3.8, 4) is 11.5 Å². The van der Waals surface area contributed by atoms with Crippen molar-refractivity contribution < 1.29 is 19.2 Å². The number of benzene rings is 1. The topological polar surface area (TPSA) is 78.7 Å². The van der Waals surface area contributed by atoms with Crippen LogP contribution in [0.15, 0.2) is 24.8 Å². The Morgan fingerprint density at radius 3 is 2.67 bits per heavy atom. The second-order valence-electron chi connectivity index (χ2n) is 3.27. The molecular formula is C12H13NO5. The van der Waals surface area contributed by atoms with E-state index in [1.54, 1.807) is 6.92 Å². The van der Waals surface area contributed by atoms with E-state index in [4.69, 9.17) is 9.47 Å². The first-order chi connectivity index (χ1) is 8.63. The van der Waals surface area contributed by atoms with E-state index in [2.05, 4.69) is 6.58 Å². The van der Waals surface area contributed by atoms with Gasteiger partial charge in [-0.3, -0.25) is 14.9 Å². The molecule has 0 unspecified atom stereocenters. The Bertz CT molecular complexity index is 470. The van der Waals surface area contributed by atoms with E-state index in [9.17, 15) is 14.9 Å². The van der Waals surface area contributed by atoms with Crippen LogP contribution in [0, 0.1) is 10.1 Å². The minimum Gasteiger partial charge on any atom is -0.490 e. The average Bonchev–Trinajstić information content (AvgIpc) is 2.36. The molecule has 0 saturated heterocycles. The van der Waals surface area contributed by atoms with Crippen LogP contribution in [-0.4, -0.2) is 24.4 Å². The Morgan fingerprint density at radius 2 is 2.17 bits per heavy atom. The first-order valence-corrected chi connectivity index (χ1v) is 5.28. The van der Waals surface area contributed by atoms with Crippen LogP contribution >= 0.6 is 0 Å². The van der Waals surface area contributed by atoms with Crippen molar-refractivity contribution >= 4 is 12.0 Å². The van der Waals surface area contributed by atoms with Crippen molar-refractivity contribution in [1.29, 1.82) is 0 Å². The van der Waals surface area contributed by atoms with E-state index in [0.717, 1.165) is 6.07 Å². The van der Waals surface area contributed by atoms with Crippen LogP contribution in [0.3, 0.4) is 0 Å². The number of hydrogen-bond acceptors (Lipinski definition) is 5. The van der Waals surface area contributed by atoms with Gasteiger partial charge in [-0.15, -0.1) is 0 Å². The highest BCUT2D eigenvalue weighted by molar-refractivity contribution is 5.79. The van der Waals surface area contributed by atoms with Gasteiger partial charge in [0.2, 0.25) is 5.75 Å². The van der Waals surface area contributed by atoms with Gasteiger partial charge in [0.15, 0.2) is 5.75 Å². The summed E-state index contributed by atoms with van der Waals surface area (Å²) < 4.78 is 10.5. The molecule has 96 valence electrons. The number of aldehydes is 1. The Morgan fingerprint density at radius 1 is 1.44 bits per heavy atom. The Kier molecular flexibility index (Phi) is 4.86. The Balaban J connectivity index is 3.33. The van der Waals surface area contributed by atoms with E-state index in [1.165, 1.54) is 12.1 Å². The van der Waals surface area contributed by atoms with Crippen molar-refractivity contribution in [3.05, 3.63) is 40.5 Å². The normalized spacial score (nSPS) is 9.61. The number of carbonyl (C=O) groups is 1. The lowest BCUT2D eigenvalue weighted by Crippen LogP contribution is -2.03. The molecule has 0 amide bonds. The molecule has 0 saturated carbocycles. The van der Waals surface area contributed by atoms with Crippen LogP contribution in [-0.2, 0) is 0 Å². The maximum Gasteiger partial charge on any atom is 0.315 e. The third kappa shape index (κ3) is 3.07. The molecule has 6 nitrogen and oxygen atoms in total. The molecule has 0 heterocycles. The van der Waals surface area contributed by atoms with Crippen molar-refractivity contribution in [3.63, 3.8) is 0 Å². The van der Waals surface area contributed by atoms with Gasteiger partial charge in [0.05, 0.1) is 11.5 Å². The number of rotatable bonds is 7. The molecule has 1 aromatic rings. The highest BCUT2D eigenvalue weighted by atomic mass is 16.6. The number of nitrogens with zero attached hydrogens (tertiary/aromatic N) is 1. The van der Waals surface area contributed by atoms with Crippen LogP contribution < -0.4 is 9.47 Å². The summed E-state index contributed by atoms with van der Waals surface area (Å²) in [6.45, 7) is 5.62. The first-order valence-electron chi connectivity index (χ1n) is 5.28. The molecule has 0 atom stereocenters. The summed E-state index contributed by atoms with van der Waals surface area (Å²) in [7, 11) is 0. The highest BCUT2D eigenvalue weighted by Gasteiger charge is 2.22. The summed E-state index contributed by atoms with van der Waals surface area (Å²) in [6, 6.07) is 2.55. The maximum atomic E-state index is 10.9.